The molecule has 0 unspecified atom stereocenters. The summed E-state index contributed by atoms with van der Waals surface area (Å²) in [6, 6.07) is 19.7. The number of benzene rings is 3. The number of nitrogens with one attached hydrogen (secondary N) is 1. The summed E-state index contributed by atoms with van der Waals surface area (Å²) >= 11 is 3.39. The molecule has 0 aromatic heterocycles. The van der Waals surface area contributed by atoms with E-state index in [9.17, 15) is 4.79 Å². The lowest BCUT2D eigenvalue weighted by atomic mass is 10.1. The molecule has 0 atom stereocenters. The van der Waals surface area contributed by atoms with Crippen molar-refractivity contribution in [1.82, 2.24) is 5.43 Å². The molecule has 126 valence electrons. The monoisotopic (exact) mass is 396 g/mol. The first-order valence-corrected chi connectivity index (χ1v) is 8.61. The van der Waals surface area contributed by atoms with Gasteiger partial charge in [-0.1, -0.05) is 52.3 Å². The van der Waals surface area contributed by atoms with Crippen molar-refractivity contribution in [3.63, 3.8) is 0 Å². The highest BCUT2D eigenvalue weighted by atomic mass is 79.9. The zero-order valence-corrected chi connectivity index (χ0v) is 15.3. The molecule has 3 aromatic rings. The van der Waals surface area contributed by atoms with Crippen molar-refractivity contribution in [3.05, 3.63) is 76.3 Å². The van der Waals surface area contributed by atoms with E-state index < -0.39 is 0 Å². The predicted molar refractivity (Wildman–Crippen MR) is 104 cm³/mol. The highest BCUT2D eigenvalue weighted by Gasteiger charge is 2.04. The number of hydrogen-bond donors (Lipinski definition) is 1. The first-order chi connectivity index (χ1) is 12.1. The third-order valence-electron chi connectivity index (χ3n) is 3.67. The second-order valence-electron chi connectivity index (χ2n) is 5.60. The van der Waals surface area contributed by atoms with Gasteiger partial charge < -0.3 is 4.74 Å². The van der Waals surface area contributed by atoms with Crippen LogP contribution in [0.5, 0.6) is 5.75 Å². The van der Waals surface area contributed by atoms with Gasteiger partial charge >= 0.3 is 0 Å². The average molecular weight is 397 g/mol. The molecule has 4 nitrogen and oxygen atoms in total. The van der Waals surface area contributed by atoms with Gasteiger partial charge in [-0.15, -0.1) is 0 Å². The number of hydrogen-bond acceptors (Lipinski definition) is 3. The Balaban J connectivity index is 1.54. The van der Waals surface area contributed by atoms with Gasteiger partial charge in [0.1, 0.15) is 5.75 Å². The second kappa shape index (κ2) is 7.94. The Kier molecular flexibility index (Phi) is 5.46. The van der Waals surface area contributed by atoms with Crippen LogP contribution in [0.3, 0.4) is 0 Å². The quantitative estimate of drug-likeness (QED) is 0.511. The highest BCUT2D eigenvalue weighted by Crippen LogP contribution is 2.22. The maximum Gasteiger partial charge on any atom is 0.277 e. The normalized spacial score (nSPS) is 11.0. The van der Waals surface area contributed by atoms with E-state index >= 15 is 0 Å². The van der Waals surface area contributed by atoms with Crippen LogP contribution in [0.4, 0.5) is 0 Å². The smallest absolute Gasteiger partial charge is 0.277 e. The summed E-state index contributed by atoms with van der Waals surface area (Å²) in [7, 11) is 0. The Morgan fingerprint density at radius 3 is 2.72 bits per heavy atom. The summed E-state index contributed by atoms with van der Waals surface area (Å²) < 4.78 is 6.48. The van der Waals surface area contributed by atoms with E-state index in [2.05, 4.69) is 32.5 Å². The topological polar surface area (TPSA) is 50.7 Å². The minimum Gasteiger partial charge on any atom is -0.483 e. The second-order valence-corrected chi connectivity index (χ2v) is 6.51. The minimum atomic E-state index is -0.306. The molecule has 0 saturated heterocycles. The van der Waals surface area contributed by atoms with Gasteiger partial charge in [0.25, 0.3) is 5.91 Å². The third-order valence-corrected chi connectivity index (χ3v) is 4.17. The number of ether oxygens (including phenoxy) is 1. The van der Waals surface area contributed by atoms with Crippen LogP contribution in [-0.2, 0) is 4.79 Å². The van der Waals surface area contributed by atoms with E-state index in [0.717, 1.165) is 21.0 Å². The van der Waals surface area contributed by atoms with Crippen molar-refractivity contribution in [1.29, 1.82) is 0 Å². The molecule has 3 rings (SSSR count). The van der Waals surface area contributed by atoms with Crippen LogP contribution >= 0.6 is 15.9 Å². The molecule has 0 bridgehead atoms. The largest absolute Gasteiger partial charge is 0.483 e. The molecule has 0 aliphatic rings. The Hall–Kier alpha value is -2.66. The molecule has 5 heteroatoms. The Morgan fingerprint density at radius 2 is 1.92 bits per heavy atom. The molecule has 1 N–H and O–H groups in total. The molecule has 0 aliphatic carbocycles. The van der Waals surface area contributed by atoms with Crippen LogP contribution in [0.15, 0.2) is 70.2 Å². The first kappa shape index (κ1) is 17.2. The van der Waals surface area contributed by atoms with E-state index in [0.29, 0.717) is 5.75 Å². The van der Waals surface area contributed by atoms with Crippen LogP contribution in [0.2, 0.25) is 0 Å². The van der Waals surface area contributed by atoms with E-state index in [1.807, 2.05) is 61.5 Å². The van der Waals surface area contributed by atoms with E-state index in [-0.39, 0.29) is 12.5 Å². The molecule has 0 radical (unpaired) electrons. The van der Waals surface area contributed by atoms with E-state index in [4.69, 9.17) is 4.74 Å². The Morgan fingerprint density at radius 1 is 1.12 bits per heavy atom. The molecule has 0 fully saturated rings. The standard InChI is InChI=1S/C20H17BrN2O2/c1-14-10-18(21)8-9-19(14)25-13-20(24)23-22-12-15-6-7-16-4-2-3-5-17(16)11-15/h2-12H,13H2,1H3,(H,23,24). The van der Waals surface area contributed by atoms with Crippen LogP contribution < -0.4 is 10.2 Å². The zero-order chi connectivity index (χ0) is 17.6. The lowest BCUT2D eigenvalue weighted by Crippen LogP contribution is -2.24. The van der Waals surface area contributed by atoms with E-state index in [1.165, 1.54) is 5.39 Å². The predicted octanol–water partition coefficient (Wildman–Crippen LogP) is 4.44. The number of fused-ring (bicyclic) bond motifs is 1. The summed E-state index contributed by atoms with van der Waals surface area (Å²) in [4.78, 5) is 11.8. The Bertz CT molecular complexity index is 938. The summed E-state index contributed by atoms with van der Waals surface area (Å²) in [6.07, 6.45) is 1.62. The van der Waals surface area contributed by atoms with E-state index in [1.54, 1.807) is 6.21 Å². The first-order valence-electron chi connectivity index (χ1n) is 7.81. The Labute approximate surface area is 154 Å². The average Bonchev–Trinajstić information content (AvgIpc) is 2.61. The number of aryl methyl sites for hydroxylation is 1. The molecule has 3 aromatic carbocycles. The fraction of sp³-hybridized carbons (Fsp3) is 0.100. The number of halogens is 1. The lowest BCUT2D eigenvalue weighted by molar-refractivity contribution is -0.123. The van der Waals surface area contributed by atoms with Crippen LogP contribution in [-0.4, -0.2) is 18.7 Å². The molecule has 1 amide bonds. The van der Waals surface area contributed by atoms with Gasteiger partial charge in [-0.25, -0.2) is 5.43 Å². The summed E-state index contributed by atoms with van der Waals surface area (Å²) in [5, 5.41) is 6.28. The van der Waals surface area contributed by atoms with Crippen molar-refractivity contribution in [2.24, 2.45) is 5.10 Å². The number of amides is 1. The number of rotatable bonds is 5. The minimum absolute atomic E-state index is 0.0858. The number of carbonyl (C=O) groups is 1. The van der Waals surface area contributed by atoms with Crippen molar-refractivity contribution < 1.29 is 9.53 Å². The van der Waals surface area contributed by atoms with Crippen LogP contribution in [0.1, 0.15) is 11.1 Å². The highest BCUT2D eigenvalue weighted by molar-refractivity contribution is 9.10. The third kappa shape index (κ3) is 4.67. The van der Waals surface area contributed by atoms with Gasteiger partial charge in [-0.3, -0.25) is 4.79 Å². The fourth-order valence-corrected chi connectivity index (χ4v) is 2.89. The maximum atomic E-state index is 11.8. The van der Waals surface area contributed by atoms with Crippen molar-refractivity contribution >= 4 is 38.8 Å². The molecule has 0 spiro atoms. The van der Waals surface area contributed by atoms with Gasteiger partial charge in [0, 0.05) is 4.47 Å². The van der Waals surface area contributed by atoms with Crippen molar-refractivity contribution in [2.75, 3.05) is 6.61 Å². The summed E-state index contributed by atoms with van der Waals surface area (Å²) in [5.74, 6) is 0.371. The van der Waals surface area contributed by atoms with Gasteiger partial charge in [0.15, 0.2) is 6.61 Å². The molecular formula is C20H17BrN2O2. The van der Waals surface area contributed by atoms with Gasteiger partial charge in [-0.2, -0.15) is 5.10 Å². The fourth-order valence-electron chi connectivity index (χ4n) is 2.42. The zero-order valence-electron chi connectivity index (χ0n) is 13.7. The molecule has 25 heavy (non-hydrogen) atoms. The van der Waals surface area contributed by atoms with Crippen molar-refractivity contribution in [2.45, 2.75) is 6.92 Å². The SMILES string of the molecule is Cc1cc(Br)ccc1OCC(=O)NN=Cc1ccc2ccccc2c1. The van der Waals surface area contributed by atoms with Gasteiger partial charge in [0.05, 0.1) is 6.21 Å². The number of hydrazone groups is 1. The lowest BCUT2D eigenvalue weighted by Gasteiger charge is -2.08. The molecule has 0 saturated carbocycles. The maximum absolute atomic E-state index is 11.8. The summed E-state index contributed by atoms with van der Waals surface area (Å²) in [5.41, 5.74) is 4.36. The van der Waals surface area contributed by atoms with Gasteiger partial charge in [0.2, 0.25) is 0 Å². The van der Waals surface area contributed by atoms with Crippen LogP contribution in [0.25, 0.3) is 10.8 Å². The molecular weight excluding hydrogens is 380 g/mol. The number of nitrogens with zero attached hydrogens (tertiary/aromatic N) is 1. The van der Waals surface area contributed by atoms with Crippen molar-refractivity contribution in [3.8, 4) is 5.75 Å². The summed E-state index contributed by atoms with van der Waals surface area (Å²) in [6.45, 7) is 1.84. The van der Waals surface area contributed by atoms with Gasteiger partial charge in [-0.05, 0) is 53.1 Å². The molecule has 0 aliphatic heterocycles. The van der Waals surface area contributed by atoms with Crippen LogP contribution in [0, 0.1) is 6.92 Å². The molecule has 0 heterocycles. The number of carbonyl (C=O) groups excluding carboxylic acids is 1.